The van der Waals surface area contributed by atoms with Crippen molar-refractivity contribution < 1.29 is 0 Å². The van der Waals surface area contributed by atoms with E-state index in [1.165, 1.54) is 0 Å². The molecule has 0 amide bonds. The van der Waals surface area contributed by atoms with Crippen molar-refractivity contribution in [1.29, 1.82) is 5.26 Å². The first-order chi connectivity index (χ1) is 7.79. The minimum Gasteiger partial charge on any atom is -0.378 e. The Morgan fingerprint density at radius 3 is 3.00 bits per heavy atom. The summed E-state index contributed by atoms with van der Waals surface area (Å²) < 4.78 is 0. The van der Waals surface area contributed by atoms with E-state index in [1.807, 2.05) is 6.07 Å². The number of benzene rings is 1. The lowest BCUT2D eigenvalue weighted by molar-refractivity contribution is 0.981. The number of rotatable bonds is 3. The number of aromatic nitrogens is 2. The highest BCUT2D eigenvalue weighted by Gasteiger charge is 2.02. The van der Waals surface area contributed by atoms with E-state index in [9.17, 15) is 0 Å². The normalized spacial score (nSPS) is 9.75. The molecule has 2 N–H and O–H groups in total. The van der Waals surface area contributed by atoms with Gasteiger partial charge in [0.2, 0.25) is 0 Å². The molecule has 0 aliphatic carbocycles. The highest BCUT2D eigenvalue weighted by atomic mass is 35.5. The summed E-state index contributed by atoms with van der Waals surface area (Å²) in [6.07, 6.45) is 1.68. The molecule has 0 spiro atoms. The lowest BCUT2D eigenvalue weighted by atomic mass is 10.2. The van der Waals surface area contributed by atoms with Crippen LogP contribution in [0.3, 0.4) is 0 Å². The van der Waals surface area contributed by atoms with Gasteiger partial charge in [-0.3, -0.25) is 5.10 Å². The molecule has 1 aromatic carbocycles. The van der Waals surface area contributed by atoms with Crippen molar-refractivity contribution in [3.8, 4) is 6.07 Å². The zero-order valence-electron chi connectivity index (χ0n) is 8.37. The Kier molecular flexibility index (Phi) is 3.08. The van der Waals surface area contributed by atoms with E-state index in [2.05, 4.69) is 21.6 Å². The SMILES string of the molecule is N#Cc1cc(Cl)ccc1NCc1ccn[nH]1. The first-order valence-corrected chi connectivity index (χ1v) is 5.09. The number of nitrogens with zero attached hydrogens (tertiary/aromatic N) is 2. The van der Waals surface area contributed by atoms with Crippen LogP contribution >= 0.6 is 11.6 Å². The first-order valence-electron chi connectivity index (χ1n) is 4.71. The molecule has 4 nitrogen and oxygen atoms in total. The maximum Gasteiger partial charge on any atom is 0.101 e. The van der Waals surface area contributed by atoms with Crippen molar-refractivity contribution >= 4 is 17.3 Å². The third-order valence-corrected chi connectivity index (χ3v) is 2.36. The summed E-state index contributed by atoms with van der Waals surface area (Å²) >= 11 is 5.80. The second kappa shape index (κ2) is 4.69. The van der Waals surface area contributed by atoms with Crippen LogP contribution in [-0.2, 0) is 6.54 Å². The molecule has 0 bridgehead atoms. The predicted octanol–water partition coefficient (Wildman–Crippen LogP) is 2.55. The zero-order chi connectivity index (χ0) is 11.4. The highest BCUT2D eigenvalue weighted by molar-refractivity contribution is 6.30. The number of nitrogens with one attached hydrogen (secondary N) is 2. The quantitative estimate of drug-likeness (QED) is 0.855. The van der Waals surface area contributed by atoms with Crippen LogP contribution in [0.2, 0.25) is 5.02 Å². The summed E-state index contributed by atoms with van der Waals surface area (Å²) in [7, 11) is 0. The standard InChI is InChI=1S/C11H9ClN4/c12-9-1-2-11(8(5-9)6-13)14-7-10-3-4-15-16-10/h1-5,14H,7H2,(H,15,16). The molecular formula is C11H9ClN4. The number of hydrogen-bond donors (Lipinski definition) is 2. The van der Waals surface area contributed by atoms with Crippen LogP contribution in [0.4, 0.5) is 5.69 Å². The average molecular weight is 233 g/mol. The number of anilines is 1. The van der Waals surface area contributed by atoms with Crippen LogP contribution in [0.1, 0.15) is 11.3 Å². The molecular weight excluding hydrogens is 224 g/mol. The van der Waals surface area contributed by atoms with Gasteiger partial charge >= 0.3 is 0 Å². The van der Waals surface area contributed by atoms with Gasteiger partial charge in [-0.2, -0.15) is 10.4 Å². The summed E-state index contributed by atoms with van der Waals surface area (Å²) in [5.41, 5.74) is 2.26. The van der Waals surface area contributed by atoms with Gasteiger partial charge < -0.3 is 5.32 Å². The summed E-state index contributed by atoms with van der Waals surface area (Å²) in [6, 6.07) is 9.14. The Bertz CT molecular complexity index is 513. The molecule has 2 aromatic rings. The van der Waals surface area contributed by atoms with Crippen molar-refractivity contribution in [3.63, 3.8) is 0 Å². The lowest BCUT2D eigenvalue weighted by Gasteiger charge is -2.06. The van der Waals surface area contributed by atoms with Gasteiger partial charge in [0, 0.05) is 11.2 Å². The molecule has 0 aliphatic rings. The van der Waals surface area contributed by atoms with E-state index >= 15 is 0 Å². The van der Waals surface area contributed by atoms with Gasteiger partial charge in [-0.15, -0.1) is 0 Å². The van der Waals surface area contributed by atoms with E-state index in [0.717, 1.165) is 11.4 Å². The average Bonchev–Trinajstić information content (AvgIpc) is 2.80. The van der Waals surface area contributed by atoms with Gasteiger partial charge in [-0.25, -0.2) is 0 Å². The van der Waals surface area contributed by atoms with Crippen LogP contribution in [0.25, 0.3) is 0 Å². The van der Waals surface area contributed by atoms with E-state index < -0.39 is 0 Å². The van der Waals surface area contributed by atoms with Gasteiger partial charge in [-0.05, 0) is 24.3 Å². The molecule has 0 unspecified atom stereocenters. The van der Waals surface area contributed by atoms with E-state index in [4.69, 9.17) is 16.9 Å². The summed E-state index contributed by atoms with van der Waals surface area (Å²) in [5.74, 6) is 0. The molecule has 16 heavy (non-hydrogen) atoms. The summed E-state index contributed by atoms with van der Waals surface area (Å²) in [4.78, 5) is 0. The predicted molar refractivity (Wildman–Crippen MR) is 62.1 cm³/mol. The lowest BCUT2D eigenvalue weighted by Crippen LogP contribution is -2.01. The minimum absolute atomic E-state index is 0.534. The molecule has 0 aliphatic heterocycles. The molecule has 0 atom stereocenters. The van der Waals surface area contributed by atoms with E-state index in [1.54, 1.807) is 24.4 Å². The van der Waals surface area contributed by atoms with Crippen molar-refractivity contribution in [2.24, 2.45) is 0 Å². The van der Waals surface area contributed by atoms with Crippen molar-refractivity contribution in [3.05, 3.63) is 46.7 Å². The first kappa shape index (κ1) is 10.5. The van der Waals surface area contributed by atoms with Crippen LogP contribution < -0.4 is 5.32 Å². The molecule has 0 fully saturated rings. The molecule has 0 saturated carbocycles. The number of aromatic amines is 1. The van der Waals surface area contributed by atoms with Crippen molar-refractivity contribution in [2.75, 3.05) is 5.32 Å². The third-order valence-electron chi connectivity index (χ3n) is 2.13. The smallest absolute Gasteiger partial charge is 0.101 e. The zero-order valence-corrected chi connectivity index (χ0v) is 9.12. The number of halogens is 1. The fourth-order valence-electron chi connectivity index (χ4n) is 1.34. The van der Waals surface area contributed by atoms with Crippen LogP contribution in [0.15, 0.2) is 30.5 Å². The highest BCUT2D eigenvalue weighted by Crippen LogP contribution is 2.20. The molecule has 1 heterocycles. The van der Waals surface area contributed by atoms with Crippen molar-refractivity contribution in [2.45, 2.75) is 6.54 Å². The van der Waals surface area contributed by atoms with Gasteiger partial charge in [0.15, 0.2) is 0 Å². The fraction of sp³-hybridized carbons (Fsp3) is 0.0909. The Morgan fingerprint density at radius 1 is 1.44 bits per heavy atom. The number of H-pyrrole nitrogens is 1. The number of nitriles is 1. The fourth-order valence-corrected chi connectivity index (χ4v) is 1.51. The Hall–Kier alpha value is -1.99. The second-order valence-electron chi connectivity index (χ2n) is 3.24. The Morgan fingerprint density at radius 2 is 2.31 bits per heavy atom. The van der Waals surface area contributed by atoms with Gasteiger partial charge in [-0.1, -0.05) is 11.6 Å². The van der Waals surface area contributed by atoms with Crippen LogP contribution in [0, 0.1) is 11.3 Å². The van der Waals surface area contributed by atoms with Gasteiger partial charge in [0.1, 0.15) is 6.07 Å². The van der Waals surface area contributed by atoms with Gasteiger partial charge in [0.25, 0.3) is 0 Å². The maximum atomic E-state index is 8.93. The molecule has 80 valence electrons. The molecule has 5 heteroatoms. The van der Waals surface area contributed by atoms with Crippen LogP contribution in [0.5, 0.6) is 0 Å². The van der Waals surface area contributed by atoms with Crippen LogP contribution in [-0.4, -0.2) is 10.2 Å². The number of hydrogen-bond acceptors (Lipinski definition) is 3. The summed E-state index contributed by atoms with van der Waals surface area (Å²) in [5, 5.41) is 19.3. The maximum absolute atomic E-state index is 8.93. The topological polar surface area (TPSA) is 64.5 Å². The molecule has 1 aromatic heterocycles. The van der Waals surface area contributed by atoms with Crippen molar-refractivity contribution in [1.82, 2.24) is 10.2 Å². The second-order valence-corrected chi connectivity index (χ2v) is 3.67. The molecule has 0 radical (unpaired) electrons. The Balaban J connectivity index is 2.13. The summed E-state index contributed by atoms with van der Waals surface area (Å²) in [6.45, 7) is 0.594. The third kappa shape index (κ3) is 2.33. The van der Waals surface area contributed by atoms with E-state index in [0.29, 0.717) is 17.1 Å². The minimum atomic E-state index is 0.534. The van der Waals surface area contributed by atoms with Gasteiger partial charge in [0.05, 0.1) is 23.5 Å². The molecule has 2 rings (SSSR count). The van der Waals surface area contributed by atoms with E-state index in [-0.39, 0.29) is 0 Å². The monoisotopic (exact) mass is 232 g/mol. The molecule has 0 saturated heterocycles. The largest absolute Gasteiger partial charge is 0.378 e. The Labute approximate surface area is 97.9 Å².